The Morgan fingerprint density at radius 2 is 2.15 bits per heavy atom. The van der Waals surface area contributed by atoms with Crippen molar-refractivity contribution in [1.82, 2.24) is 0 Å². The van der Waals surface area contributed by atoms with Crippen molar-refractivity contribution >= 4 is 55.6 Å². The fourth-order valence-corrected chi connectivity index (χ4v) is 3.03. The maximum atomic E-state index is 5.92. The largest absolute Gasteiger partial charge is 0.495 e. The van der Waals surface area contributed by atoms with Crippen LogP contribution in [0.2, 0.25) is 4.34 Å². The van der Waals surface area contributed by atoms with Crippen molar-refractivity contribution in [2.75, 3.05) is 7.11 Å². The maximum Gasteiger partial charge on any atom is 0.137 e. The Kier molecular flexibility index (Phi) is 2.67. The molecule has 0 saturated carbocycles. The highest BCUT2D eigenvalue weighted by atomic mass is 127. The predicted molar refractivity (Wildman–Crippen MR) is 66.1 cm³/mol. The van der Waals surface area contributed by atoms with Gasteiger partial charge in [0.05, 0.1) is 16.1 Å². The molecule has 0 fully saturated rings. The van der Waals surface area contributed by atoms with Crippen molar-refractivity contribution in [1.29, 1.82) is 0 Å². The van der Waals surface area contributed by atoms with Crippen LogP contribution < -0.4 is 4.74 Å². The summed E-state index contributed by atoms with van der Waals surface area (Å²) in [6.45, 7) is 0. The molecule has 1 aromatic heterocycles. The summed E-state index contributed by atoms with van der Waals surface area (Å²) in [5.74, 6) is 0.902. The highest BCUT2D eigenvalue weighted by molar-refractivity contribution is 14.1. The molecular weight excluding hydrogens is 319 g/mol. The Morgan fingerprint density at radius 1 is 1.38 bits per heavy atom. The lowest BCUT2D eigenvalue weighted by Crippen LogP contribution is -1.83. The Bertz CT molecular complexity index is 452. The Hall–Kier alpha value is -0.000000000000000139. The van der Waals surface area contributed by atoms with E-state index in [2.05, 4.69) is 28.7 Å². The molecule has 1 heterocycles. The lowest BCUT2D eigenvalue weighted by atomic mass is 10.2. The van der Waals surface area contributed by atoms with Gasteiger partial charge in [-0.25, -0.2) is 0 Å². The van der Waals surface area contributed by atoms with E-state index in [0.717, 1.165) is 23.7 Å². The third kappa shape index (κ3) is 1.78. The highest BCUT2D eigenvalue weighted by Crippen LogP contribution is 2.37. The molecule has 0 atom stereocenters. The van der Waals surface area contributed by atoms with Crippen molar-refractivity contribution in [3.63, 3.8) is 0 Å². The van der Waals surface area contributed by atoms with E-state index in [1.807, 2.05) is 12.1 Å². The monoisotopic (exact) mass is 324 g/mol. The second kappa shape index (κ2) is 3.63. The molecule has 0 aliphatic heterocycles. The van der Waals surface area contributed by atoms with Crippen LogP contribution >= 0.6 is 45.5 Å². The van der Waals surface area contributed by atoms with Gasteiger partial charge in [0.2, 0.25) is 0 Å². The van der Waals surface area contributed by atoms with Crippen molar-refractivity contribution in [3.8, 4) is 5.75 Å². The zero-order chi connectivity index (χ0) is 9.42. The quantitative estimate of drug-likeness (QED) is 0.716. The molecule has 68 valence electrons. The van der Waals surface area contributed by atoms with Gasteiger partial charge in [-0.1, -0.05) is 11.6 Å². The summed E-state index contributed by atoms with van der Waals surface area (Å²) >= 11 is 9.74. The van der Waals surface area contributed by atoms with E-state index in [-0.39, 0.29) is 0 Å². The number of hydrogen-bond donors (Lipinski definition) is 0. The van der Waals surface area contributed by atoms with Crippen LogP contribution in [0.4, 0.5) is 0 Å². The summed E-state index contributed by atoms with van der Waals surface area (Å²) in [6.07, 6.45) is 0. The average Bonchev–Trinajstić information content (AvgIpc) is 2.43. The highest BCUT2D eigenvalue weighted by Gasteiger charge is 2.06. The Morgan fingerprint density at radius 3 is 2.85 bits per heavy atom. The SMILES string of the molecule is COc1cc(I)cc2cc(Cl)sc12. The summed E-state index contributed by atoms with van der Waals surface area (Å²) < 4.78 is 8.35. The fraction of sp³-hybridized carbons (Fsp3) is 0.111. The number of methoxy groups -OCH3 is 1. The number of benzene rings is 1. The zero-order valence-corrected chi connectivity index (χ0v) is 10.5. The molecule has 1 aromatic carbocycles. The van der Waals surface area contributed by atoms with Gasteiger partial charge in [0, 0.05) is 3.57 Å². The molecule has 0 N–H and O–H groups in total. The molecule has 0 saturated heterocycles. The van der Waals surface area contributed by atoms with E-state index in [1.165, 1.54) is 0 Å². The summed E-state index contributed by atoms with van der Waals surface area (Å²) in [5, 5.41) is 1.15. The van der Waals surface area contributed by atoms with Crippen LogP contribution in [0.3, 0.4) is 0 Å². The molecular formula is C9H6ClIOS. The van der Waals surface area contributed by atoms with Crippen molar-refractivity contribution in [2.45, 2.75) is 0 Å². The topological polar surface area (TPSA) is 9.23 Å². The molecule has 0 aliphatic rings. The average molecular weight is 325 g/mol. The number of hydrogen-bond acceptors (Lipinski definition) is 2. The maximum absolute atomic E-state index is 5.92. The predicted octanol–water partition coefficient (Wildman–Crippen LogP) is 4.17. The molecule has 2 rings (SSSR count). The molecule has 0 amide bonds. The third-order valence-corrected chi connectivity index (χ3v) is 3.65. The van der Waals surface area contributed by atoms with E-state index in [9.17, 15) is 0 Å². The van der Waals surface area contributed by atoms with Crippen molar-refractivity contribution < 1.29 is 4.74 Å². The first-order chi connectivity index (χ1) is 6.20. The smallest absolute Gasteiger partial charge is 0.137 e. The lowest BCUT2D eigenvalue weighted by Gasteiger charge is -2.01. The van der Waals surface area contributed by atoms with Gasteiger partial charge >= 0.3 is 0 Å². The van der Waals surface area contributed by atoms with Gasteiger partial charge in [-0.05, 0) is 46.2 Å². The van der Waals surface area contributed by atoms with Crippen molar-refractivity contribution in [3.05, 3.63) is 26.1 Å². The molecule has 0 aliphatic carbocycles. The van der Waals surface area contributed by atoms with Crippen LogP contribution in [0.5, 0.6) is 5.75 Å². The molecule has 0 unspecified atom stereocenters. The normalized spacial score (nSPS) is 10.7. The third-order valence-electron chi connectivity index (χ3n) is 1.74. The van der Waals surface area contributed by atoms with Crippen molar-refractivity contribution in [2.24, 2.45) is 0 Å². The summed E-state index contributed by atoms with van der Waals surface area (Å²) in [6, 6.07) is 6.07. The summed E-state index contributed by atoms with van der Waals surface area (Å²) in [4.78, 5) is 0. The summed E-state index contributed by atoms with van der Waals surface area (Å²) in [7, 11) is 1.68. The van der Waals surface area contributed by atoms with Gasteiger partial charge in [-0.3, -0.25) is 0 Å². The second-order valence-electron chi connectivity index (χ2n) is 2.58. The van der Waals surface area contributed by atoms with Crippen LogP contribution in [0.15, 0.2) is 18.2 Å². The number of halogens is 2. The lowest BCUT2D eigenvalue weighted by molar-refractivity contribution is 0.420. The summed E-state index contributed by atoms with van der Waals surface area (Å²) in [5.41, 5.74) is 0. The number of rotatable bonds is 1. The van der Waals surface area contributed by atoms with Crippen LogP contribution in [0.1, 0.15) is 0 Å². The van der Waals surface area contributed by atoms with Gasteiger partial charge in [0.1, 0.15) is 5.75 Å². The minimum atomic E-state index is 0.801. The number of fused-ring (bicyclic) bond motifs is 1. The van der Waals surface area contributed by atoms with Crippen LogP contribution in [0.25, 0.3) is 10.1 Å². The standard InChI is InChI=1S/C9H6ClIOS/c1-12-7-4-6(11)2-5-3-8(10)13-9(5)7/h2-4H,1H3. The van der Waals surface area contributed by atoms with E-state index < -0.39 is 0 Å². The molecule has 0 bridgehead atoms. The van der Waals surface area contributed by atoms with E-state index in [1.54, 1.807) is 18.4 Å². The first-order valence-electron chi connectivity index (χ1n) is 3.63. The molecule has 2 aromatic rings. The second-order valence-corrected chi connectivity index (χ2v) is 5.51. The minimum Gasteiger partial charge on any atom is -0.495 e. The van der Waals surface area contributed by atoms with Gasteiger partial charge in [0.15, 0.2) is 0 Å². The number of thiophene rings is 1. The van der Waals surface area contributed by atoms with Gasteiger partial charge in [-0.2, -0.15) is 0 Å². The fourth-order valence-electron chi connectivity index (χ4n) is 1.21. The van der Waals surface area contributed by atoms with E-state index >= 15 is 0 Å². The van der Waals surface area contributed by atoms with Gasteiger partial charge in [0.25, 0.3) is 0 Å². The van der Waals surface area contributed by atoms with E-state index in [4.69, 9.17) is 16.3 Å². The Labute approximate surface area is 98.8 Å². The Balaban J connectivity index is 2.80. The van der Waals surface area contributed by atoms with Gasteiger partial charge in [-0.15, -0.1) is 11.3 Å². The molecule has 13 heavy (non-hydrogen) atoms. The first kappa shape index (κ1) is 9.55. The zero-order valence-electron chi connectivity index (χ0n) is 6.80. The minimum absolute atomic E-state index is 0.801. The molecule has 0 spiro atoms. The van der Waals surface area contributed by atoms with Crippen LogP contribution in [-0.4, -0.2) is 7.11 Å². The molecule has 0 radical (unpaired) electrons. The number of ether oxygens (including phenoxy) is 1. The van der Waals surface area contributed by atoms with E-state index in [0.29, 0.717) is 0 Å². The van der Waals surface area contributed by atoms with Gasteiger partial charge < -0.3 is 4.74 Å². The van der Waals surface area contributed by atoms with Crippen LogP contribution in [0, 0.1) is 3.57 Å². The van der Waals surface area contributed by atoms with Crippen LogP contribution in [-0.2, 0) is 0 Å². The molecule has 1 nitrogen and oxygen atoms in total. The first-order valence-corrected chi connectivity index (χ1v) is 5.90. The molecule has 4 heteroatoms.